The minimum absolute atomic E-state index is 0.143. The average Bonchev–Trinajstić information content (AvgIpc) is 3.38. The van der Waals surface area contributed by atoms with E-state index in [1.807, 2.05) is 13.0 Å². The Balaban J connectivity index is 1.65. The fraction of sp³-hybridized carbons (Fsp3) is 0.407. The Hall–Kier alpha value is -1.94. The number of anilines is 1. The predicted molar refractivity (Wildman–Crippen MR) is 150 cm³/mol. The van der Waals surface area contributed by atoms with Crippen LogP contribution in [0.15, 0.2) is 58.0 Å². The molecule has 0 bridgehead atoms. The van der Waals surface area contributed by atoms with Crippen molar-refractivity contribution in [3.63, 3.8) is 0 Å². The first-order valence-corrected chi connectivity index (χ1v) is 16.6. The van der Waals surface area contributed by atoms with Gasteiger partial charge in [-0.25, -0.2) is 0 Å². The van der Waals surface area contributed by atoms with Crippen molar-refractivity contribution >= 4 is 52.7 Å². The molecular formula is C27H34N2O5S2Se. The molecule has 7 nitrogen and oxygen atoms in total. The molecule has 0 radical (unpaired) electrons. The van der Waals surface area contributed by atoms with E-state index in [0.717, 1.165) is 30.0 Å². The number of nitrogens with zero attached hydrogens (tertiary/aromatic N) is 1. The van der Waals surface area contributed by atoms with E-state index >= 15 is 0 Å². The molecule has 0 amide bonds. The summed E-state index contributed by atoms with van der Waals surface area (Å²) in [5.74, 6) is 1.39. The normalized spacial score (nSPS) is 20.3. The Labute approximate surface area is 230 Å². The van der Waals surface area contributed by atoms with Crippen molar-refractivity contribution in [2.24, 2.45) is 0 Å². The molecule has 0 saturated carbocycles. The van der Waals surface area contributed by atoms with Crippen LogP contribution in [0.1, 0.15) is 32.3 Å². The second-order valence-corrected chi connectivity index (χ2v) is 14.1. The molecule has 2 aromatic rings. The number of ether oxygens (including phenoxy) is 2. The molecule has 4 rings (SSSR count). The zero-order valence-corrected chi connectivity index (χ0v) is 25.2. The Morgan fingerprint density at radius 3 is 2.65 bits per heavy atom. The number of hydrogen-bond donors (Lipinski definition) is 1. The van der Waals surface area contributed by atoms with Crippen LogP contribution in [0.4, 0.5) is 11.4 Å². The number of hydrogen-bond acceptors (Lipinski definition) is 7. The first kappa shape index (κ1) is 28.1. The van der Waals surface area contributed by atoms with Crippen LogP contribution >= 0.6 is 11.8 Å². The number of rotatable bonds is 10. The molecule has 0 aromatic heterocycles. The van der Waals surface area contributed by atoms with Crippen molar-refractivity contribution < 1.29 is 27.3 Å². The van der Waals surface area contributed by atoms with Crippen LogP contribution in [0, 0.1) is 6.92 Å². The van der Waals surface area contributed by atoms with Gasteiger partial charge in [0.25, 0.3) is 0 Å². The first-order chi connectivity index (χ1) is 17.7. The average molecular weight is 610 g/mol. The van der Waals surface area contributed by atoms with Gasteiger partial charge in [0.1, 0.15) is 0 Å². The van der Waals surface area contributed by atoms with Gasteiger partial charge in [-0.3, -0.25) is 0 Å². The zero-order chi connectivity index (χ0) is 26.7. The molecule has 0 aliphatic carbocycles. The fourth-order valence-electron chi connectivity index (χ4n) is 4.71. The van der Waals surface area contributed by atoms with Gasteiger partial charge in [0.2, 0.25) is 0 Å². The van der Waals surface area contributed by atoms with Crippen LogP contribution in [0.3, 0.4) is 0 Å². The van der Waals surface area contributed by atoms with E-state index in [-0.39, 0.29) is 25.6 Å². The van der Waals surface area contributed by atoms with E-state index in [1.165, 1.54) is 36.2 Å². The molecule has 1 N–H and O–H groups in total. The summed E-state index contributed by atoms with van der Waals surface area (Å²) in [7, 11) is -0.859. The molecule has 2 aliphatic rings. The maximum atomic E-state index is 11.3. The number of nitrogens with one attached hydrogen (secondary N) is 1. The van der Waals surface area contributed by atoms with Crippen molar-refractivity contribution in [2.75, 3.05) is 38.0 Å². The van der Waals surface area contributed by atoms with Crippen LogP contribution in [-0.4, -0.2) is 65.9 Å². The number of quaternary nitrogens is 1. The molecule has 0 fully saturated rings. The Morgan fingerprint density at radius 1 is 1.22 bits per heavy atom. The van der Waals surface area contributed by atoms with Crippen molar-refractivity contribution in [3.05, 3.63) is 58.6 Å². The summed E-state index contributed by atoms with van der Waals surface area (Å²) in [6.45, 7) is 7.80. The number of thioether (sulfide) groups is 1. The molecule has 2 heterocycles. The van der Waals surface area contributed by atoms with Crippen molar-refractivity contribution in [1.82, 2.24) is 0 Å². The van der Waals surface area contributed by atoms with Gasteiger partial charge in [0.05, 0.1) is 0 Å². The molecule has 2 atom stereocenters. The number of methoxy groups -OCH3 is 2. The fourth-order valence-corrected chi connectivity index (χ4v) is 9.32. The van der Waals surface area contributed by atoms with E-state index < -0.39 is 10.1 Å². The molecule has 2 aliphatic heterocycles. The van der Waals surface area contributed by atoms with Crippen LogP contribution in [0.5, 0.6) is 11.5 Å². The summed E-state index contributed by atoms with van der Waals surface area (Å²) in [5, 5.41) is 1.19. The summed E-state index contributed by atoms with van der Waals surface area (Å²) in [5.41, 5.74) is 4.66. The Morgan fingerprint density at radius 2 is 2.00 bits per heavy atom. The van der Waals surface area contributed by atoms with Gasteiger partial charge in [0, 0.05) is 0 Å². The molecule has 10 heteroatoms. The van der Waals surface area contributed by atoms with Gasteiger partial charge in [-0.05, 0) is 0 Å². The Kier molecular flexibility index (Phi) is 8.99. The number of aryl methyl sites for hydroxylation is 1. The van der Waals surface area contributed by atoms with Gasteiger partial charge in [-0.15, -0.1) is 0 Å². The Bertz CT molecular complexity index is 1330. The van der Waals surface area contributed by atoms with E-state index in [4.69, 9.17) is 9.47 Å². The predicted octanol–water partition coefficient (Wildman–Crippen LogP) is 2.94. The maximum absolute atomic E-state index is 11.3. The third kappa shape index (κ3) is 6.38. The second-order valence-electron chi connectivity index (χ2n) is 9.00. The molecule has 0 saturated heterocycles. The number of allylic oxidation sites excluding steroid dienone is 2. The van der Waals surface area contributed by atoms with Gasteiger partial charge in [-0.1, -0.05) is 0 Å². The zero-order valence-electron chi connectivity index (χ0n) is 21.9. The SMILES string of the molecule is CCC(/C=C1\Sc2ccc(OC)cc2N1CC)=C\C1[Se]c2cc(OC)c(C)cc2[NH+]1CCCS(=O)(=O)[O-]. The standard InChI is InChI=1S/C27H34N2O5S2Se/c1-6-19(14-26-28(7-2)21-16-20(33-4)9-10-24(21)35-26)15-27-29(11-8-12-36(30,31)32)22-13-18(3)23(34-5)17-25(22)37-27/h9-10,13-17,27H,6-8,11-12H2,1-5H3,(H,30,31,32)/b19-15+,26-14-. The summed E-state index contributed by atoms with van der Waals surface area (Å²) < 4.78 is 46.1. The summed E-state index contributed by atoms with van der Waals surface area (Å²) in [4.78, 5) is 4.97. The molecular weight excluding hydrogens is 575 g/mol. The second kappa shape index (κ2) is 11.8. The van der Waals surface area contributed by atoms with E-state index in [0.29, 0.717) is 13.0 Å². The van der Waals surface area contributed by atoms with Gasteiger partial charge >= 0.3 is 232 Å². The van der Waals surface area contributed by atoms with Crippen molar-refractivity contribution in [3.8, 4) is 11.5 Å². The summed E-state index contributed by atoms with van der Waals surface area (Å²) in [6, 6.07) is 10.5. The van der Waals surface area contributed by atoms with Crippen molar-refractivity contribution in [1.29, 1.82) is 0 Å². The van der Waals surface area contributed by atoms with Crippen LogP contribution < -0.4 is 23.7 Å². The van der Waals surface area contributed by atoms with E-state index in [9.17, 15) is 13.0 Å². The van der Waals surface area contributed by atoms with E-state index in [2.05, 4.69) is 55.2 Å². The van der Waals surface area contributed by atoms with Crippen LogP contribution in [-0.2, 0) is 10.1 Å². The van der Waals surface area contributed by atoms with Crippen molar-refractivity contribution in [2.45, 2.75) is 43.4 Å². The minimum atomic E-state index is -4.23. The topological polar surface area (TPSA) is 83.3 Å². The quantitative estimate of drug-likeness (QED) is 0.328. The van der Waals surface area contributed by atoms with E-state index in [1.54, 1.807) is 26.0 Å². The molecule has 2 aromatic carbocycles. The summed E-state index contributed by atoms with van der Waals surface area (Å²) >= 11 is 1.92. The molecule has 2 unspecified atom stereocenters. The van der Waals surface area contributed by atoms with Crippen LogP contribution in [0.2, 0.25) is 0 Å². The third-order valence-corrected chi connectivity index (χ3v) is 11.2. The van der Waals surface area contributed by atoms with Gasteiger partial charge in [-0.2, -0.15) is 0 Å². The molecule has 0 spiro atoms. The molecule has 200 valence electrons. The first-order valence-electron chi connectivity index (χ1n) is 12.4. The van der Waals surface area contributed by atoms with Gasteiger partial charge in [0.15, 0.2) is 0 Å². The van der Waals surface area contributed by atoms with Crippen LogP contribution in [0.25, 0.3) is 0 Å². The summed E-state index contributed by atoms with van der Waals surface area (Å²) in [6.07, 6.45) is 5.86. The number of fused-ring (bicyclic) bond motifs is 2. The molecule has 37 heavy (non-hydrogen) atoms. The van der Waals surface area contributed by atoms with Gasteiger partial charge < -0.3 is 0 Å². The number of benzene rings is 2. The monoisotopic (exact) mass is 610 g/mol. The third-order valence-electron chi connectivity index (χ3n) is 6.62.